The van der Waals surface area contributed by atoms with Gasteiger partial charge in [0.2, 0.25) is 0 Å². The maximum atomic E-state index is 11.6. The van der Waals surface area contributed by atoms with E-state index in [1.165, 1.54) is 7.11 Å². The first kappa shape index (κ1) is 15.4. The number of hydrogen-bond acceptors (Lipinski definition) is 5. The second-order valence-corrected chi connectivity index (χ2v) is 6.97. The topological polar surface area (TPSA) is 52.1 Å². The number of carbonyl (C=O) groups is 1. The maximum Gasteiger partial charge on any atom is 0.308 e. The van der Waals surface area contributed by atoms with E-state index in [1.54, 1.807) is 11.3 Å². The number of esters is 1. The van der Waals surface area contributed by atoms with E-state index in [-0.39, 0.29) is 11.9 Å². The number of nitrogens with zero attached hydrogens (tertiary/aromatic N) is 2. The molecule has 6 heteroatoms. The Balaban J connectivity index is 1.67. The van der Waals surface area contributed by atoms with Crippen LogP contribution in [0.4, 0.5) is 0 Å². The van der Waals surface area contributed by atoms with E-state index in [0.29, 0.717) is 5.92 Å². The first-order chi connectivity index (χ1) is 10.7. The quantitative estimate of drug-likeness (QED) is 0.784. The van der Waals surface area contributed by atoms with Crippen molar-refractivity contribution in [2.24, 2.45) is 5.92 Å². The smallest absolute Gasteiger partial charge is 0.308 e. The van der Waals surface area contributed by atoms with Crippen LogP contribution in [0.5, 0.6) is 0 Å². The minimum absolute atomic E-state index is 0.0462. The van der Waals surface area contributed by atoms with Crippen molar-refractivity contribution in [1.29, 1.82) is 0 Å². The van der Waals surface area contributed by atoms with Crippen LogP contribution in [0.2, 0.25) is 5.02 Å². The Kier molecular flexibility index (Phi) is 4.74. The highest BCUT2D eigenvalue weighted by atomic mass is 35.5. The summed E-state index contributed by atoms with van der Waals surface area (Å²) in [5.41, 5.74) is 1.04. The molecule has 0 spiro atoms. The van der Waals surface area contributed by atoms with E-state index >= 15 is 0 Å². The molecule has 22 heavy (non-hydrogen) atoms. The summed E-state index contributed by atoms with van der Waals surface area (Å²) in [7, 11) is 1.46. The van der Waals surface area contributed by atoms with Crippen molar-refractivity contribution in [2.75, 3.05) is 7.11 Å². The molecule has 4 nitrogen and oxygen atoms in total. The van der Waals surface area contributed by atoms with Crippen molar-refractivity contribution in [1.82, 2.24) is 10.2 Å². The highest BCUT2D eigenvalue weighted by Gasteiger charge is 2.29. The number of carbonyl (C=O) groups excluding carboxylic acids is 1. The van der Waals surface area contributed by atoms with Gasteiger partial charge in [-0.1, -0.05) is 35.1 Å². The largest absolute Gasteiger partial charge is 0.469 e. The lowest BCUT2D eigenvalue weighted by molar-refractivity contribution is -0.146. The van der Waals surface area contributed by atoms with Crippen LogP contribution in [0.15, 0.2) is 24.3 Å². The second-order valence-electron chi connectivity index (χ2n) is 5.52. The Morgan fingerprint density at radius 3 is 2.50 bits per heavy atom. The summed E-state index contributed by atoms with van der Waals surface area (Å²) in [6.45, 7) is 0. The zero-order chi connectivity index (χ0) is 15.5. The third-order valence-corrected chi connectivity index (χ3v) is 5.53. The molecular weight excluding hydrogens is 320 g/mol. The van der Waals surface area contributed by atoms with E-state index in [9.17, 15) is 4.79 Å². The number of halogens is 1. The van der Waals surface area contributed by atoms with Gasteiger partial charge in [-0.15, -0.1) is 10.2 Å². The molecule has 0 saturated heterocycles. The van der Waals surface area contributed by atoms with Crippen molar-refractivity contribution in [3.63, 3.8) is 0 Å². The van der Waals surface area contributed by atoms with Crippen LogP contribution < -0.4 is 0 Å². The standard InChI is InChI=1S/C16H17ClN2O2S/c1-21-16(20)12-4-2-10(3-5-12)14-18-19-15(22-14)11-6-8-13(17)9-7-11/h6-10,12H,2-5H2,1H3. The molecule has 0 N–H and O–H groups in total. The predicted molar refractivity (Wildman–Crippen MR) is 87.1 cm³/mol. The van der Waals surface area contributed by atoms with E-state index < -0.39 is 0 Å². The average Bonchev–Trinajstić information content (AvgIpc) is 3.05. The lowest BCUT2D eigenvalue weighted by atomic mass is 9.82. The molecule has 0 unspecified atom stereocenters. The van der Waals surface area contributed by atoms with Gasteiger partial charge in [0.1, 0.15) is 10.0 Å². The molecule has 1 saturated carbocycles. The number of ether oxygens (including phenoxy) is 1. The van der Waals surface area contributed by atoms with Gasteiger partial charge >= 0.3 is 5.97 Å². The van der Waals surface area contributed by atoms with Crippen LogP contribution in [-0.2, 0) is 9.53 Å². The summed E-state index contributed by atoms with van der Waals surface area (Å²) in [5.74, 6) is 0.363. The monoisotopic (exact) mass is 336 g/mol. The molecule has 116 valence electrons. The highest BCUT2D eigenvalue weighted by Crippen LogP contribution is 2.38. The summed E-state index contributed by atoms with van der Waals surface area (Å²) >= 11 is 7.54. The molecular formula is C16H17ClN2O2S. The normalized spacial score (nSPS) is 21.5. The maximum absolute atomic E-state index is 11.6. The number of aromatic nitrogens is 2. The SMILES string of the molecule is COC(=O)C1CCC(c2nnc(-c3ccc(Cl)cc3)s2)CC1. The third-order valence-electron chi connectivity index (χ3n) is 4.14. The minimum atomic E-state index is -0.0856. The highest BCUT2D eigenvalue weighted by molar-refractivity contribution is 7.14. The molecule has 1 aromatic carbocycles. The van der Waals surface area contributed by atoms with Crippen molar-refractivity contribution in [2.45, 2.75) is 31.6 Å². The van der Waals surface area contributed by atoms with Crippen LogP contribution in [0.3, 0.4) is 0 Å². The molecule has 2 aromatic rings. The van der Waals surface area contributed by atoms with E-state index in [1.807, 2.05) is 24.3 Å². The molecule has 1 fully saturated rings. The van der Waals surface area contributed by atoms with Gasteiger partial charge in [-0.2, -0.15) is 0 Å². The fourth-order valence-corrected chi connectivity index (χ4v) is 4.00. The molecule has 3 rings (SSSR count). The van der Waals surface area contributed by atoms with Gasteiger partial charge in [-0.3, -0.25) is 4.79 Å². The molecule has 1 aromatic heterocycles. The zero-order valence-electron chi connectivity index (χ0n) is 12.3. The average molecular weight is 337 g/mol. The van der Waals surface area contributed by atoms with Gasteiger partial charge in [0.15, 0.2) is 0 Å². The van der Waals surface area contributed by atoms with Crippen molar-refractivity contribution >= 4 is 28.9 Å². The van der Waals surface area contributed by atoms with Gasteiger partial charge in [-0.05, 0) is 37.8 Å². The fraction of sp³-hybridized carbons (Fsp3) is 0.438. The Bertz CT molecular complexity index is 648. The van der Waals surface area contributed by atoms with Gasteiger partial charge in [0.25, 0.3) is 0 Å². The molecule has 0 amide bonds. The van der Waals surface area contributed by atoms with Gasteiger partial charge < -0.3 is 4.74 Å². The predicted octanol–water partition coefficient (Wildman–Crippen LogP) is 4.31. The summed E-state index contributed by atoms with van der Waals surface area (Å²) in [6, 6.07) is 7.64. The van der Waals surface area contributed by atoms with Crippen LogP contribution in [-0.4, -0.2) is 23.3 Å². The molecule has 1 heterocycles. The van der Waals surface area contributed by atoms with Gasteiger partial charge in [-0.25, -0.2) is 0 Å². The van der Waals surface area contributed by atoms with E-state index in [4.69, 9.17) is 16.3 Å². The molecule has 0 radical (unpaired) electrons. The number of methoxy groups -OCH3 is 1. The van der Waals surface area contributed by atoms with Crippen molar-refractivity contribution in [3.05, 3.63) is 34.3 Å². The Morgan fingerprint density at radius 1 is 1.18 bits per heavy atom. The molecule has 1 aliphatic rings. The number of benzene rings is 1. The number of rotatable bonds is 3. The zero-order valence-corrected chi connectivity index (χ0v) is 13.9. The third kappa shape index (κ3) is 3.31. The first-order valence-electron chi connectivity index (χ1n) is 7.34. The van der Waals surface area contributed by atoms with Crippen LogP contribution in [0, 0.1) is 5.92 Å². The Labute approximate surface area is 138 Å². The van der Waals surface area contributed by atoms with Crippen LogP contribution >= 0.6 is 22.9 Å². The summed E-state index contributed by atoms with van der Waals surface area (Å²) in [5, 5.41) is 11.3. The van der Waals surface area contributed by atoms with Gasteiger partial charge in [0, 0.05) is 16.5 Å². The fourth-order valence-electron chi connectivity index (χ4n) is 2.85. The summed E-state index contributed by atoms with van der Waals surface area (Å²) < 4.78 is 4.83. The molecule has 1 aliphatic carbocycles. The molecule has 0 atom stereocenters. The molecule has 0 aliphatic heterocycles. The van der Waals surface area contributed by atoms with Crippen LogP contribution in [0.25, 0.3) is 10.6 Å². The first-order valence-corrected chi connectivity index (χ1v) is 8.54. The molecule has 0 bridgehead atoms. The Morgan fingerprint density at radius 2 is 1.86 bits per heavy atom. The van der Waals surface area contributed by atoms with Crippen LogP contribution in [0.1, 0.15) is 36.6 Å². The van der Waals surface area contributed by atoms with Gasteiger partial charge in [0.05, 0.1) is 13.0 Å². The lowest BCUT2D eigenvalue weighted by Crippen LogP contribution is -2.22. The summed E-state index contributed by atoms with van der Waals surface area (Å²) in [6.07, 6.45) is 3.67. The second kappa shape index (κ2) is 6.75. The van der Waals surface area contributed by atoms with Crippen molar-refractivity contribution in [3.8, 4) is 10.6 Å². The van der Waals surface area contributed by atoms with E-state index in [0.717, 1.165) is 46.3 Å². The summed E-state index contributed by atoms with van der Waals surface area (Å²) in [4.78, 5) is 11.6. The minimum Gasteiger partial charge on any atom is -0.469 e. The lowest BCUT2D eigenvalue weighted by Gasteiger charge is -2.25. The van der Waals surface area contributed by atoms with E-state index in [2.05, 4.69) is 10.2 Å². The number of hydrogen-bond donors (Lipinski definition) is 0. The van der Waals surface area contributed by atoms with Crippen molar-refractivity contribution < 1.29 is 9.53 Å². The Hall–Kier alpha value is -1.46.